The molecule has 0 aliphatic heterocycles. The number of benzene rings is 1. The van der Waals surface area contributed by atoms with Gasteiger partial charge in [0.1, 0.15) is 11.7 Å². The van der Waals surface area contributed by atoms with Crippen molar-refractivity contribution in [3.63, 3.8) is 0 Å². The van der Waals surface area contributed by atoms with Crippen molar-refractivity contribution in [2.75, 3.05) is 0 Å². The van der Waals surface area contributed by atoms with E-state index in [0.717, 1.165) is 6.42 Å². The van der Waals surface area contributed by atoms with Crippen molar-refractivity contribution in [1.82, 2.24) is 10.3 Å². The second-order valence-electron chi connectivity index (χ2n) is 5.56. The molecule has 1 heterocycles. The molecular weight excluding hydrogens is 346 g/mol. The minimum atomic E-state index is -3.97. The van der Waals surface area contributed by atoms with Crippen LogP contribution in [0, 0.1) is 0 Å². The molecule has 0 bridgehead atoms. The summed E-state index contributed by atoms with van der Waals surface area (Å²) in [4.78, 5) is 27.6. The number of carboxylic acids is 1. The molecule has 0 aliphatic rings. The van der Waals surface area contributed by atoms with Crippen molar-refractivity contribution in [1.29, 1.82) is 0 Å². The number of hydrogen-bond donors (Lipinski definition) is 3. The van der Waals surface area contributed by atoms with Gasteiger partial charge in [-0.3, -0.25) is 9.78 Å². The average molecular weight is 365 g/mol. The lowest BCUT2D eigenvalue weighted by Crippen LogP contribution is -2.41. The van der Waals surface area contributed by atoms with Gasteiger partial charge in [0.15, 0.2) is 0 Å². The third-order valence-corrected chi connectivity index (χ3v) is 4.71. The first-order valence-electron chi connectivity index (χ1n) is 7.70. The molecule has 1 aromatic carbocycles. The van der Waals surface area contributed by atoms with E-state index < -0.39 is 27.9 Å². The van der Waals surface area contributed by atoms with Crippen molar-refractivity contribution in [2.45, 2.75) is 37.1 Å². The van der Waals surface area contributed by atoms with E-state index >= 15 is 0 Å². The lowest BCUT2D eigenvalue weighted by molar-refractivity contribution is -0.139. The van der Waals surface area contributed by atoms with Gasteiger partial charge in [-0.25, -0.2) is 18.4 Å². The summed E-state index contributed by atoms with van der Waals surface area (Å²) in [5.74, 6) is -1.81. The first-order chi connectivity index (χ1) is 11.8. The molecule has 0 aliphatic carbocycles. The van der Waals surface area contributed by atoms with E-state index in [0.29, 0.717) is 12.8 Å². The SMILES string of the molecule is CCCCC(NC(=O)c1nccc2c(S(N)(=O)=O)cccc12)C(=O)O. The Morgan fingerprint density at radius 2 is 2.00 bits per heavy atom. The maximum Gasteiger partial charge on any atom is 0.326 e. The fraction of sp³-hybridized carbons (Fsp3) is 0.312. The van der Waals surface area contributed by atoms with Crippen molar-refractivity contribution < 1.29 is 23.1 Å². The van der Waals surface area contributed by atoms with Gasteiger partial charge in [0.2, 0.25) is 10.0 Å². The highest BCUT2D eigenvalue weighted by Crippen LogP contribution is 2.24. The number of primary sulfonamides is 1. The summed E-state index contributed by atoms with van der Waals surface area (Å²) in [6.45, 7) is 1.92. The fourth-order valence-corrected chi connectivity index (χ4v) is 3.25. The molecule has 0 radical (unpaired) electrons. The normalized spacial score (nSPS) is 12.7. The number of pyridine rings is 1. The van der Waals surface area contributed by atoms with Gasteiger partial charge < -0.3 is 10.4 Å². The lowest BCUT2D eigenvalue weighted by atomic mass is 10.1. The zero-order valence-corrected chi connectivity index (χ0v) is 14.4. The van der Waals surface area contributed by atoms with Crippen LogP contribution in [-0.4, -0.2) is 36.4 Å². The van der Waals surface area contributed by atoms with Gasteiger partial charge >= 0.3 is 5.97 Å². The molecule has 1 amide bonds. The molecule has 8 nitrogen and oxygen atoms in total. The molecule has 0 spiro atoms. The Bertz CT molecular complexity index is 911. The van der Waals surface area contributed by atoms with Gasteiger partial charge in [-0.2, -0.15) is 0 Å². The lowest BCUT2D eigenvalue weighted by Gasteiger charge is -2.15. The number of carbonyl (C=O) groups is 2. The quantitative estimate of drug-likeness (QED) is 0.675. The number of aromatic nitrogens is 1. The first kappa shape index (κ1) is 18.8. The highest BCUT2D eigenvalue weighted by atomic mass is 32.2. The number of hydrogen-bond acceptors (Lipinski definition) is 5. The van der Waals surface area contributed by atoms with Gasteiger partial charge in [0.05, 0.1) is 4.90 Å². The van der Waals surface area contributed by atoms with Crippen LogP contribution < -0.4 is 10.5 Å². The Morgan fingerprint density at radius 1 is 1.28 bits per heavy atom. The Hall–Kier alpha value is -2.52. The molecule has 9 heteroatoms. The van der Waals surface area contributed by atoms with Crippen molar-refractivity contribution in [3.8, 4) is 0 Å². The van der Waals surface area contributed by atoms with Crippen molar-refractivity contribution in [2.24, 2.45) is 5.14 Å². The Labute approximate surface area is 145 Å². The number of amides is 1. The van der Waals surface area contributed by atoms with E-state index in [1.54, 1.807) is 0 Å². The second-order valence-corrected chi connectivity index (χ2v) is 7.09. The number of aliphatic carboxylic acids is 1. The minimum absolute atomic E-state index is 0.0502. The van der Waals surface area contributed by atoms with Crippen LogP contribution in [0.25, 0.3) is 10.8 Å². The van der Waals surface area contributed by atoms with E-state index in [-0.39, 0.29) is 21.4 Å². The van der Waals surface area contributed by atoms with Gasteiger partial charge in [0.25, 0.3) is 5.91 Å². The molecule has 2 aromatic rings. The topological polar surface area (TPSA) is 139 Å². The third-order valence-electron chi connectivity index (χ3n) is 3.74. The maximum atomic E-state index is 12.5. The van der Waals surface area contributed by atoms with Crippen LogP contribution in [-0.2, 0) is 14.8 Å². The number of rotatable bonds is 7. The zero-order chi connectivity index (χ0) is 18.6. The second kappa shape index (κ2) is 7.58. The van der Waals surface area contributed by atoms with Crippen LogP contribution in [0.15, 0.2) is 35.4 Å². The predicted molar refractivity (Wildman–Crippen MR) is 91.5 cm³/mol. The Balaban J connectivity index is 2.44. The van der Waals surface area contributed by atoms with Gasteiger partial charge in [-0.1, -0.05) is 31.9 Å². The molecule has 0 fully saturated rings. The van der Waals surface area contributed by atoms with Crippen LogP contribution in [0.4, 0.5) is 0 Å². The summed E-state index contributed by atoms with van der Waals surface area (Å²) < 4.78 is 23.4. The molecule has 25 heavy (non-hydrogen) atoms. The van der Waals surface area contributed by atoms with Crippen LogP contribution in [0.1, 0.15) is 36.7 Å². The van der Waals surface area contributed by atoms with Gasteiger partial charge in [-0.15, -0.1) is 0 Å². The van der Waals surface area contributed by atoms with Crippen LogP contribution >= 0.6 is 0 Å². The molecule has 1 atom stereocenters. The molecule has 0 saturated heterocycles. The monoisotopic (exact) mass is 365 g/mol. The van der Waals surface area contributed by atoms with Gasteiger partial charge in [-0.05, 0) is 18.6 Å². The fourth-order valence-electron chi connectivity index (χ4n) is 2.50. The number of nitrogens with zero attached hydrogens (tertiary/aromatic N) is 1. The minimum Gasteiger partial charge on any atom is -0.480 e. The number of nitrogens with two attached hydrogens (primary N) is 1. The Kier molecular flexibility index (Phi) is 5.70. The van der Waals surface area contributed by atoms with E-state index in [9.17, 15) is 23.1 Å². The summed E-state index contributed by atoms with van der Waals surface area (Å²) in [5, 5.41) is 17.4. The highest BCUT2D eigenvalue weighted by molar-refractivity contribution is 7.89. The summed E-state index contributed by atoms with van der Waals surface area (Å²) in [6, 6.07) is 4.73. The van der Waals surface area contributed by atoms with E-state index in [4.69, 9.17) is 5.14 Å². The van der Waals surface area contributed by atoms with Crippen LogP contribution in [0.5, 0.6) is 0 Å². The van der Waals surface area contributed by atoms with E-state index in [2.05, 4.69) is 10.3 Å². The molecule has 4 N–H and O–H groups in total. The number of carbonyl (C=O) groups excluding carboxylic acids is 1. The predicted octanol–water partition coefficient (Wildman–Crippen LogP) is 1.26. The van der Waals surface area contributed by atoms with E-state index in [1.165, 1.54) is 30.5 Å². The number of fused-ring (bicyclic) bond motifs is 1. The van der Waals surface area contributed by atoms with Crippen LogP contribution in [0.2, 0.25) is 0 Å². The number of nitrogens with one attached hydrogen (secondary N) is 1. The Morgan fingerprint density at radius 3 is 2.60 bits per heavy atom. The third kappa shape index (κ3) is 4.31. The highest BCUT2D eigenvalue weighted by Gasteiger charge is 2.23. The number of unbranched alkanes of at least 4 members (excludes halogenated alkanes) is 1. The molecule has 134 valence electrons. The average Bonchev–Trinajstić information content (AvgIpc) is 2.56. The molecular formula is C16H19N3O5S. The number of carboxylic acid groups (broad SMARTS) is 1. The standard InChI is InChI=1S/C16H19N3O5S/c1-2-3-6-12(16(21)22)19-15(20)14-11-5-4-7-13(25(17,23)24)10(11)8-9-18-14/h4-5,7-9,12H,2-3,6H2,1H3,(H,19,20)(H,21,22)(H2,17,23,24). The smallest absolute Gasteiger partial charge is 0.326 e. The van der Waals surface area contributed by atoms with Gasteiger partial charge in [0, 0.05) is 17.0 Å². The number of sulfonamides is 1. The molecule has 2 rings (SSSR count). The summed E-state index contributed by atoms with van der Waals surface area (Å²) >= 11 is 0. The summed E-state index contributed by atoms with van der Waals surface area (Å²) in [6.07, 6.45) is 3.03. The van der Waals surface area contributed by atoms with E-state index in [1.807, 2.05) is 6.92 Å². The summed E-state index contributed by atoms with van der Waals surface area (Å²) in [7, 11) is -3.97. The van der Waals surface area contributed by atoms with Crippen molar-refractivity contribution in [3.05, 3.63) is 36.2 Å². The first-order valence-corrected chi connectivity index (χ1v) is 9.24. The molecule has 0 saturated carbocycles. The molecule has 1 unspecified atom stereocenters. The maximum absolute atomic E-state index is 12.5. The van der Waals surface area contributed by atoms with Crippen molar-refractivity contribution >= 4 is 32.7 Å². The molecule has 1 aromatic heterocycles. The van der Waals surface area contributed by atoms with Crippen LogP contribution in [0.3, 0.4) is 0 Å². The summed E-state index contributed by atoms with van der Waals surface area (Å²) in [5.41, 5.74) is -0.0502. The largest absolute Gasteiger partial charge is 0.480 e. The zero-order valence-electron chi connectivity index (χ0n) is 13.6.